The monoisotopic (exact) mass is 257 g/mol. The summed E-state index contributed by atoms with van der Waals surface area (Å²) in [6.45, 7) is 5.09. The van der Waals surface area contributed by atoms with Crippen LogP contribution in [0.4, 0.5) is 5.82 Å². The Kier molecular flexibility index (Phi) is 5.69. The summed E-state index contributed by atoms with van der Waals surface area (Å²) in [5.41, 5.74) is 0. The second kappa shape index (κ2) is 7.06. The summed E-state index contributed by atoms with van der Waals surface area (Å²) in [4.78, 5) is 13.3. The molecule has 0 aliphatic carbocycles. The Balaban J connectivity index is 2.71. The molecule has 0 amide bonds. The van der Waals surface area contributed by atoms with Crippen molar-refractivity contribution in [1.29, 1.82) is 0 Å². The van der Waals surface area contributed by atoms with Gasteiger partial charge >= 0.3 is 5.97 Å². The molecule has 0 fully saturated rings. The first kappa shape index (κ1) is 13.7. The van der Waals surface area contributed by atoms with Crippen LogP contribution in [0.2, 0.25) is 5.15 Å². The largest absolute Gasteiger partial charge is 0.465 e. The van der Waals surface area contributed by atoms with E-state index in [0.717, 1.165) is 13.0 Å². The normalized spacial score (nSPS) is 10.1. The molecule has 5 nitrogen and oxygen atoms in total. The smallest absolute Gasteiger partial charge is 0.325 e. The molecule has 6 heteroatoms. The third kappa shape index (κ3) is 4.56. The zero-order valence-corrected chi connectivity index (χ0v) is 10.8. The Bertz CT molecular complexity index is 356. The van der Waals surface area contributed by atoms with Gasteiger partial charge in [0.2, 0.25) is 0 Å². The maximum atomic E-state index is 11.4. The van der Waals surface area contributed by atoms with E-state index in [-0.39, 0.29) is 12.5 Å². The first-order valence-electron chi connectivity index (χ1n) is 5.57. The van der Waals surface area contributed by atoms with Crippen LogP contribution in [0.15, 0.2) is 12.1 Å². The third-order valence-corrected chi connectivity index (χ3v) is 2.26. The zero-order valence-electron chi connectivity index (χ0n) is 10.0. The fourth-order valence-corrected chi connectivity index (χ4v) is 1.49. The minimum Gasteiger partial charge on any atom is -0.465 e. The zero-order chi connectivity index (χ0) is 12.7. The number of nitrogens with zero attached hydrogens (tertiary/aromatic N) is 3. The number of hydrogen-bond donors (Lipinski definition) is 0. The van der Waals surface area contributed by atoms with Crippen LogP contribution < -0.4 is 4.90 Å². The first-order chi connectivity index (χ1) is 8.17. The topological polar surface area (TPSA) is 55.3 Å². The van der Waals surface area contributed by atoms with E-state index < -0.39 is 0 Å². The summed E-state index contributed by atoms with van der Waals surface area (Å²) >= 11 is 5.67. The number of rotatable bonds is 6. The fraction of sp³-hybridized carbons (Fsp3) is 0.545. The molecule has 1 rings (SSSR count). The molecule has 0 N–H and O–H groups in total. The molecule has 1 heterocycles. The standard InChI is InChI=1S/C11H16ClN3O2/c1-3-7-15(8-11(16)17-4-2)10-6-5-9(12)13-14-10/h5-6H,3-4,7-8H2,1-2H3. The van der Waals surface area contributed by atoms with Crippen LogP contribution in [0.5, 0.6) is 0 Å². The van der Waals surface area contributed by atoms with Gasteiger partial charge in [0.25, 0.3) is 0 Å². The Morgan fingerprint density at radius 1 is 1.41 bits per heavy atom. The lowest BCUT2D eigenvalue weighted by atomic mass is 10.3. The number of anilines is 1. The van der Waals surface area contributed by atoms with Crippen LogP contribution in [-0.2, 0) is 9.53 Å². The van der Waals surface area contributed by atoms with Crippen molar-refractivity contribution in [3.05, 3.63) is 17.3 Å². The molecule has 1 aromatic rings. The highest BCUT2D eigenvalue weighted by molar-refractivity contribution is 6.29. The number of aromatic nitrogens is 2. The minimum atomic E-state index is -0.266. The quantitative estimate of drug-likeness (QED) is 0.729. The van der Waals surface area contributed by atoms with Gasteiger partial charge in [0, 0.05) is 6.54 Å². The molecule has 0 atom stereocenters. The van der Waals surface area contributed by atoms with Crippen molar-refractivity contribution in [2.45, 2.75) is 20.3 Å². The summed E-state index contributed by atoms with van der Waals surface area (Å²) in [6, 6.07) is 3.39. The van der Waals surface area contributed by atoms with Gasteiger partial charge in [-0.25, -0.2) is 0 Å². The predicted octanol–water partition coefficient (Wildman–Crippen LogP) is 1.91. The van der Waals surface area contributed by atoms with Crippen molar-refractivity contribution < 1.29 is 9.53 Å². The molecule has 0 bridgehead atoms. The Morgan fingerprint density at radius 2 is 2.18 bits per heavy atom. The molecular weight excluding hydrogens is 242 g/mol. The summed E-state index contributed by atoms with van der Waals surface area (Å²) in [6.07, 6.45) is 0.906. The van der Waals surface area contributed by atoms with E-state index in [4.69, 9.17) is 16.3 Å². The molecule has 0 spiro atoms. The minimum absolute atomic E-state index is 0.179. The number of esters is 1. The van der Waals surface area contributed by atoms with Crippen molar-refractivity contribution in [3.8, 4) is 0 Å². The molecule has 0 radical (unpaired) electrons. The number of ether oxygens (including phenoxy) is 1. The van der Waals surface area contributed by atoms with Gasteiger partial charge in [0.15, 0.2) is 11.0 Å². The maximum Gasteiger partial charge on any atom is 0.325 e. The van der Waals surface area contributed by atoms with Gasteiger partial charge in [-0.05, 0) is 25.5 Å². The van der Waals surface area contributed by atoms with E-state index in [1.807, 2.05) is 11.8 Å². The average molecular weight is 258 g/mol. The van der Waals surface area contributed by atoms with Crippen molar-refractivity contribution in [1.82, 2.24) is 10.2 Å². The summed E-state index contributed by atoms with van der Waals surface area (Å²) in [5.74, 6) is 0.363. The summed E-state index contributed by atoms with van der Waals surface area (Å²) in [5, 5.41) is 8.04. The van der Waals surface area contributed by atoms with E-state index in [1.165, 1.54) is 0 Å². The molecule has 0 aliphatic heterocycles. The molecule has 0 aromatic carbocycles. The highest BCUT2D eigenvalue weighted by atomic mass is 35.5. The van der Waals surface area contributed by atoms with Crippen LogP contribution in [0.3, 0.4) is 0 Å². The Labute approximate surface area is 106 Å². The molecule has 94 valence electrons. The summed E-state index contributed by atoms with van der Waals surface area (Å²) in [7, 11) is 0. The molecule has 0 unspecified atom stereocenters. The highest BCUT2D eigenvalue weighted by Crippen LogP contribution is 2.12. The summed E-state index contributed by atoms with van der Waals surface area (Å²) < 4.78 is 4.91. The third-order valence-electron chi connectivity index (χ3n) is 2.06. The molecule has 0 aliphatic rings. The van der Waals surface area contributed by atoms with E-state index in [0.29, 0.717) is 17.6 Å². The van der Waals surface area contributed by atoms with Crippen molar-refractivity contribution in [2.24, 2.45) is 0 Å². The number of carbonyl (C=O) groups excluding carboxylic acids is 1. The van der Waals surface area contributed by atoms with Crippen LogP contribution >= 0.6 is 11.6 Å². The Morgan fingerprint density at radius 3 is 2.71 bits per heavy atom. The lowest BCUT2D eigenvalue weighted by Gasteiger charge is -2.21. The van der Waals surface area contributed by atoms with Crippen LogP contribution in [0.25, 0.3) is 0 Å². The van der Waals surface area contributed by atoms with Crippen LogP contribution in [0.1, 0.15) is 20.3 Å². The van der Waals surface area contributed by atoms with Crippen molar-refractivity contribution in [2.75, 3.05) is 24.6 Å². The van der Waals surface area contributed by atoms with E-state index in [1.54, 1.807) is 19.1 Å². The highest BCUT2D eigenvalue weighted by Gasteiger charge is 2.13. The second-order valence-corrected chi connectivity index (χ2v) is 3.83. The van der Waals surface area contributed by atoms with Gasteiger partial charge in [-0.3, -0.25) is 4.79 Å². The molecule has 17 heavy (non-hydrogen) atoms. The predicted molar refractivity (Wildman–Crippen MR) is 66.2 cm³/mol. The number of carbonyl (C=O) groups is 1. The van der Waals surface area contributed by atoms with Crippen LogP contribution in [0, 0.1) is 0 Å². The van der Waals surface area contributed by atoms with Gasteiger partial charge in [0.1, 0.15) is 6.54 Å². The van der Waals surface area contributed by atoms with Gasteiger partial charge in [-0.15, -0.1) is 10.2 Å². The number of hydrogen-bond acceptors (Lipinski definition) is 5. The van der Waals surface area contributed by atoms with E-state index >= 15 is 0 Å². The second-order valence-electron chi connectivity index (χ2n) is 3.44. The molecule has 0 saturated carbocycles. The van der Waals surface area contributed by atoms with Gasteiger partial charge in [-0.1, -0.05) is 18.5 Å². The molecule has 1 aromatic heterocycles. The van der Waals surface area contributed by atoms with E-state index in [9.17, 15) is 4.79 Å². The van der Waals surface area contributed by atoms with Crippen LogP contribution in [-0.4, -0.2) is 35.9 Å². The van der Waals surface area contributed by atoms with E-state index in [2.05, 4.69) is 10.2 Å². The van der Waals surface area contributed by atoms with Crippen molar-refractivity contribution in [3.63, 3.8) is 0 Å². The lowest BCUT2D eigenvalue weighted by molar-refractivity contribution is -0.141. The average Bonchev–Trinajstić information content (AvgIpc) is 2.30. The number of halogens is 1. The molecule has 0 saturated heterocycles. The first-order valence-corrected chi connectivity index (χ1v) is 5.95. The molecular formula is C11H16ClN3O2. The Hall–Kier alpha value is -1.36. The van der Waals surface area contributed by atoms with Gasteiger partial charge in [0.05, 0.1) is 6.61 Å². The maximum absolute atomic E-state index is 11.4. The fourth-order valence-electron chi connectivity index (χ4n) is 1.38. The van der Waals surface area contributed by atoms with Gasteiger partial charge in [-0.2, -0.15) is 0 Å². The lowest BCUT2D eigenvalue weighted by Crippen LogP contribution is -2.32. The van der Waals surface area contributed by atoms with Crippen molar-refractivity contribution >= 4 is 23.4 Å². The van der Waals surface area contributed by atoms with Gasteiger partial charge < -0.3 is 9.64 Å². The SMILES string of the molecule is CCCN(CC(=O)OCC)c1ccc(Cl)nn1.